The molecule has 0 unspecified atom stereocenters. The number of benzene rings is 2. The summed E-state index contributed by atoms with van der Waals surface area (Å²) in [5.41, 5.74) is 8.60. The summed E-state index contributed by atoms with van der Waals surface area (Å²) in [4.78, 5) is 4.47. The van der Waals surface area contributed by atoms with Crippen molar-refractivity contribution in [2.75, 3.05) is 6.54 Å². The van der Waals surface area contributed by atoms with Crippen molar-refractivity contribution >= 4 is 16.9 Å². The van der Waals surface area contributed by atoms with Crippen LogP contribution < -0.4 is 5.73 Å². The minimum atomic E-state index is 0.184. The Kier molecular flexibility index (Phi) is 5.88. The number of aliphatic imine (C=N–C) groups is 1. The van der Waals surface area contributed by atoms with Crippen molar-refractivity contribution < 1.29 is 0 Å². The van der Waals surface area contributed by atoms with Crippen LogP contribution in [0, 0.1) is 5.92 Å². The Bertz CT molecular complexity index is 525. The molecule has 0 atom stereocenters. The molecular formula is C18H22N2S. The zero-order valence-corrected chi connectivity index (χ0v) is 13.4. The van der Waals surface area contributed by atoms with Gasteiger partial charge >= 0.3 is 0 Å². The highest BCUT2D eigenvalue weighted by Crippen LogP contribution is 2.35. The Hall–Kier alpha value is -1.74. The summed E-state index contributed by atoms with van der Waals surface area (Å²) in [5.74, 6) is 0.524. The lowest BCUT2D eigenvalue weighted by atomic mass is 10.0. The lowest BCUT2D eigenvalue weighted by Gasteiger charge is -2.17. The van der Waals surface area contributed by atoms with Gasteiger partial charge in [-0.15, -0.1) is 0 Å². The topological polar surface area (TPSA) is 38.4 Å². The highest BCUT2D eigenvalue weighted by Gasteiger charge is 2.16. The molecule has 0 aliphatic heterocycles. The maximum atomic E-state index is 6.11. The molecular weight excluding hydrogens is 276 g/mol. The normalized spacial score (nSPS) is 12.1. The first-order chi connectivity index (χ1) is 10.2. The van der Waals surface area contributed by atoms with E-state index in [1.54, 1.807) is 11.8 Å². The van der Waals surface area contributed by atoms with Gasteiger partial charge in [0, 0.05) is 6.54 Å². The van der Waals surface area contributed by atoms with E-state index in [9.17, 15) is 0 Å². The quantitative estimate of drug-likeness (QED) is 0.653. The first-order valence-corrected chi connectivity index (χ1v) is 8.11. The van der Waals surface area contributed by atoms with E-state index >= 15 is 0 Å². The Balaban J connectivity index is 2.23. The fourth-order valence-corrected chi connectivity index (χ4v) is 2.99. The molecule has 0 saturated carbocycles. The monoisotopic (exact) mass is 298 g/mol. The van der Waals surface area contributed by atoms with Gasteiger partial charge in [0.2, 0.25) is 0 Å². The van der Waals surface area contributed by atoms with Gasteiger partial charge in [-0.25, -0.2) is 0 Å². The molecule has 2 nitrogen and oxygen atoms in total. The van der Waals surface area contributed by atoms with Gasteiger partial charge < -0.3 is 5.73 Å². The first kappa shape index (κ1) is 15.6. The predicted octanol–water partition coefficient (Wildman–Crippen LogP) is 4.48. The molecule has 2 rings (SSSR count). The molecule has 2 aromatic rings. The molecule has 0 fully saturated rings. The van der Waals surface area contributed by atoms with Gasteiger partial charge in [-0.1, -0.05) is 86.3 Å². The van der Waals surface area contributed by atoms with Crippen LogP contribution in [0.4, 0.5) is 0 Å². The van der Waals surface area contributed by atoms with Gasteiger partial charge in [0.1, 0.15) is 0 Å². The zero-order chi connectivity index (χ0) is 15.1. The average molecular weight is 298 g/mol. The molecule has 0 saturated heterocycles. The molecule has 2 N–H and O–H groups in total. The predicted molar refractivity (Wildman–Crippen MR) is 93.6 cm³/mol. The summed E-state index contributed by atoms with van der Waals surface area (Å²) in [6.07, 6.45) is 0. The van der Waals surface area contributed by atoms with Crippen molar-refractivity contribution in [3.8, 4) is 0 Å². The van der Waals surface area contributed by atoms with Crippen LogP contribution in [0.2, 0.25) is 0 Å². The van der Waals surface area contributed by atoms with E-state index in [1.807, 2.05) is 12.1 Å². The third kappa shape index (κ3) is 4.94. The molecule has 0 radical (unpaired) electrons. The van der Waals surface area contributed by atoms with Crippen LogP contribution in [-0.4, -0.2) is 11.7 Å². The smallest absolute Gasteiger partial charge is 0.154 e. The molecule has 110 valence electrons. The lowest BCUT2D eigenvalue weighted by Crippen LogP contribution is -2.12. The third-order valence-corrected chi connectivity index (χ3v) is 4.21. The van der Waals surface area contributed by atoms with E-state index in [0.717, 1.165) is 6.54 Å². The van der Waals surface area contributed by atoms with Crippen LogP contribution in [0.1, 0.15) is 30.2 Å². The van der Waals surface area contributed by atoms with Crippen LogP contribution in [0.15, 0.2) is 65.7 Å². The van der Waals surface area contributed by atoms with E-state index < -0.39 is 0 Å². The maximum absolute atomic E-state index is 6.11. The number of nitrogens with zero attached hydrogens (tertiary/aromatic N) is 1. The lowest BCUT2D eigenvalue weighted by molar-refractivity contribution is 0.666. The Morgan fingerprint density at radius 2 is 1.43 bits per heavy atom. The van der Waals surface area contributed by atoms with Crippen molar-refractivity contribution in [3.05, 3.63) is 71.8 Å². The van der Waals surface area contributed by atoms with Gasteiger partial charge in [-0.3, -0.25) is 4.99 Å². The second-order valence-electron chi connectivity index (χ2n) is 5.39. The number of hydrogen-bond donors (Lipinski definition) is 1. The van der Waals surface area contributed by atoms with Crippen molar-refractivity contribution in [2.45, 2.75) is 19.1 Å². The van der Waals surface area contributed by atoms with E-state index in [4.69, 9.17) is 5.73 Å². The third-order valence-electron chi connectivity index (χ3n) is 3.06. The SMILES string of the molecule is CC(C)CN=C(N)SC(c1ccccc1)c1ccccc1. The molecule has 0 heterocycles. The molecule has 0 aromatic heterocycles. The summed E-state index contributed by atoms with van der Waals surface area (Å²) in [7, 11) is 0. The molecule has 3 heteroatoms. The number of hydrogen-bond acceptors (Lipinski definition) is 2. The molecule has 0 bridgehead atoms. The molecule has 21 heavy (non-hydrogen) atoms. The van der Waals surface area contributed by atoms with Crippen molar-refractivity contribution in [1.82, 2.24) is 0 Å². The van der Waals surface area contributed by atoms with Crippen LogP contribution in [0.3, 0.4) is 0 Å². The number of rotatable bonds is 5. The van der Waals surface area contributed by atoms with E-state index in [0.29, 0.717) is 11.1 Å². The van der Waals surface area contributed by atoms with Gasteiger partial charge in [0.05, 0.1) is 5.25 Å². The molecule has 0 spiro atoms. The van der Waals surface area contributed by atoms with Crippen LogP contribution in [-0.2, 0) is 0 Å². The van der Waals surface area contributed by atoms with Crippen molar-refractivity contribution in [2.24, 2.45) is 16.6 Å². The average Bonchev–Trinajstić information content (AvgIpc) is 2.52. The Labute approximate surface area is 131 Å². The highest BCUT2D eigenvalue weighted by molar-refractivity contribution is 8.14. The summed E-state index contributed by atoms with van der Waals surface area (Å²) in [6.45, 7) is 5.07. The summed E-state index contributed by atoms with van der Waals surface area (Å²) >= 11 is 1.62. The zero-order valence-electron chi connectivity index (χ0n) is 12.6. The van der Waals surface area contributed by atoms with E-state index in [-0.39, 0.29) is 5.25 Å². The molecule has 0 amide bonds. The highest BCUT2D eigenvalue weighted by atomic mass is 32.2. The minimum Gasteiger partial charge on any atom is -0.379 e. The molecule has 0 aliphatic rings. The second-order valence-corrected chi connectivity index (χ2v) is 6.52. The van der Waals surface area contributed by atoms with Crippen LogP contribution >= 0.6 is 11.8 Å². The second kappa shape index (κ2) is 7.89. The van der Waals surface area contributed by atoms with Gasteiger partial charge in [0.25, 0.3) is 0 Å². The minimum absolute atomic E-state index is 0.184. The number of nitrogens with two attached hydrogens (primary N) is 1. The largest absolute Gasteiger partial charge is 0.379 e. The fourth-order valence-electron chi connectivity index (χ4n) is 2.01. The van der Waals surface area contributed by atoms with Crippen molar-refractivity contribution in [1.29, 1.82) is 0 Å². The Morgan fingerprint density at radius 3 is 1.86 bits per heavy atom. The number of amidine groups is 1. The van der Waals surface area contributed by atoms with E-state index in [2.05, 4.69) is 67.4 Å². The molecule has 0 aliphatic carbocycles. The standard InChI is InChI=1S/C18H22N2S/c1-14(2)13-20-18(19)21-17(15-9-5-3-6-10-15)16-11-7-4-8-12-16/h3-12,14,17H,13H2,1-2H3,(H2,19,20). The first-order valence-electron chi connectivity index (χ1n) is 7.23. The Morgan fingerprint density at radius 1 is 0.952 bits per heavy atom. The number of thioether (sulfide) groups is 1. The van der Waals surface area contributed by atoms with Crippen LogP contribution in [0.5, 0.6) is 0 Å². The summed E-state index contributed by atoms with van der Waals surface area (Å²) < 4.78 is 0. The summed E-state index contributed by atoms with van der Waals surface area (Å²) in [6, 6.07) is 20.9. The van der Waals surface area contributed by atoms with Gasteiger partial charge in [0.15, 0.2) is 5.17 Å². The van der Waals surface area contributed by atoms with Crippen molar-refractivity contribution in [3.63, 3.8) is 0 Å². The summed E-state index contributed by atoms with van der Waals surface area (Å²) in [5, 5.41) is 0.838. The maximum Gasteiger partial charge on any atom is 0.154 e. The van der Waals surface area contributed by atoms with Gasteiger partial charge in [-0.05, 0) is 17.0 Å². The van der Waals surface area contributed by atoms with Gasteiger partial charge in [-0.2, -0.15) is 0 Å². The van der Waals surface area contributed by atoms with Crippen LogP contribution in [0.25, 0.3) is 0 Å². The van der Waals surface area contributed by atoms with E-state index in [1.165, 1.54) is 11.1 Å². The fraction of sp³-hybridized carbons (Fsp3) is 0.278. The molecule has 2 aromatic carbocycles.